The molecule has 1 atom stereocenters. The van der Waals surface area contributed by atoms with Crippen molar-refractivity contribution in [2.24, 2.45) is 0 Å². The number of amides is 3. The van der Waals surface area contributed by atoms with Crippen molar-refractivity contribution in [3.05, 3.63) is 35.9 Å². The van der Waals surface area contributed by atoms with E-state index in [-0.39, 0.29) is 32.0 Å². The molecule has 0 aromatic heterocycles. The Morgan fingerprint density at radius 3 is 2.52 bits per heavy atom. The van der Waals surface area contributed by atoms with Crippen LogP contribution in [0.25, 0.3) is 0 Å². The van der Waals surface area contributed by atoms with Crippen LogP contribution in [0.2, 0.25) is 0 Å². The molecule has 3 amide bonds. The lowest BCUT2D eigenvalue weighted by molar-refractivity contribution is -0.135. The van der Waals surface area contributed by atoms with Crippen LogP contribution < -0.4 is 5.32 Å². The first-order chi connectivity index (χ1) is 14.7. The molecule has 0 aliphatic carbocycles. The number of alkyl carbamates (subject to hydrolysis) is 1. The van der Waals surface area contributed by atoms with Crippen molar-refractivity contribution >= 4 is 24.4 Å². The molecule has 1 aliphatic rings. The molecule has 9 nitrogen and oxygen atoms in total. The highest BCUT2D eigenvalue weighted by atomic mass is 16.6. The summed E-state index contributed by atoms with van der Waals surface area (Å²) in [7, 11) is 0. The van der Waals surface area contributed by atoms with Gasteiger partial charge in [-0.1, -0.05) is 30.3 Å². The lowest BCUT2D eigenvalue weighted by Crippen LogP contribution is -2.57. The number of piperazine rings is 1. The highest BCUT2D eigenvalue weighted by Gasteiger charge is 2.33. The molecule has 9 heteroatoms. The number of nitrogens with zero attached hydrogens (tertiary/aromatic N) is 2. The number of rotatable bonds is 7. The van der Waals surface area contributed by atoms with E-state index in [1.54, 1.807) is 25.7 Å². The topological polar surface area (TPSA) is 105 Å². The van der Waals surface area contributed by atoms with Gasteiger partial charge in [-0.15, -0.1) is 0 Å². The molecular weight excluding hydrogens is 402 g/mol. The fourth-order valence-electron chi connectivity index (χ4n) is 3.08. The van der Waals surface area contributed by atoms with Crippen molar-refractivity contribution in [3.63, 3.8) is 0 Å². The van der Waals surface area contributed by atoms with E-state index in [2.05, 4.69) is 5.32 Å². The summed E-state index contributed by atoms with van der Waals surface area (Å²) in [5.41, 5.74) is 0.276. The van der Waals surface area contributed by atoms with E-state index in [9.17, 15) is 19.2 Å². The minimum absolute atomic E-state index is 0.120. The molecule has 1 unspecified atom stereocenters. The Morgan fingerprint density at radius 1 is 1.16 bits per heavy atom. The van der Waals surface area contributed by atoms with Crippen molar-refractivity contribution in [2.75, 3.05) is 26.2 Å². The van der Waals surface area contributed by atoms with Gasteiger partial charge in [0, 0.05) is 32.6 Å². The monoisotopic (exact) mass is 433 g/mol. The first-order valence-electron chi connectivity index (χ1n) is 10.4. The van der Waals surface area contributed by atoms with Gasteiger partial charge in [-0.2, -0.15) is 0 Å². The maximum atomic E-state index is 12.5. The molecule has 1 fully saturated rings. The second-order valence-corrected chi connectivity index (χ2v) is 8.31. The summed E-state index contributed by atoms with van der Waals surface area (Å²) in [6.45, 7) is 6.42. The second-order valence-electron chi connectivity index (χ2n) is 8.31. The Kier molecular flexibility index (Phi) is 8.84. The van der Waals surface area contributed by atoms with Gasteiger partial charge in [-0.3, -0.25) is 9.69 Å². The molecule has 0 bridgehead atoms. The third kappa shape index (κ3) is 8.27. The number of benzene rings is 1. The zero-order chi connectivity index (χ0) is 22.9. The molecule has 1 aliphatic heterocycles. The number of aldehydes is 1. The maximum absolute atomic E-state index is 12.5. The number of hydrogen-bond donors (Lipinski definition) is 1. The lowest BCUT2D eigenvalue weighted by Gasteiger charge is -2.38. The summed E-state index contributed by atoms with van der Waals surface area (Å²) < 4.78 is 10.4. The third-order valence-electron chi connectivity index (χ3n) is 4.60. The summed E-state index contributed by atoms with van der Waals surface area (Å²) in [4.78, 5) is 50.9. The van der Waals surface area contributed by atoms with Crippen LogP contribution in [0.1, 0.15) is 39.2 Å². The predicted octanol–water partition coefficient (Wildman–Crippen LogP) is 2.34. The van der Waals surface area contributed by atoms with E-state index in [1.807, 2.05) is 30.3 Å². The van der Waals surface area contributed by atoms with E-state index in [0.29, 0.717) is 25.8 Å². The summed E-state index contributed by atoms with van der Waals surface area (Å²) in [5.74, 6) is -0.129. The minimum atomic E-state index is -0.749. The van der Waals surface area contributed by atoms with Crippen molar-refractivity contribution in [3.8, 4) is 0 Å². The SMILES string of the molecule is CC(C)(C)OC(=O)NCCCC(=O)N1CCN(C(=O)OCc2ccccc2)C(C=O)C1. The van der Waals surface area contributed by atoms with Crippen LogP contribution in [0.4, 0.5) is 9.59 Å². The van der Waals surface area contributed by atoms with Crippen molar-refractivity contribution in [2.45, 2.75) is 51.9 Å². The zero-order valence-electron chi connectivity index (χ0n) is 18.3. The van der Waals surface area contributed by atoms with Crippen LogP contribution in [0, 0.1) is 0 Å². The largest absolute Gasteiger partial charge is 0.445 e. The molecule has 1 aromatic carbocycles. The number of hydrogen-bond acceptors (Lipinski definition) is 6. The van der Waals surface area contributed by atoms with Crippen LogP contribution >= 0.6 is 0 Å². The summed E-state index contributed by atoms with van der Waals surface area (Å²) >= 11 is 0. The quantitative estimate of drug-likeness (QED) is 0.523. The van der Waals surface area contributed by atoms with Gasteiger partial charge in [0.15, 0.2) is 0 Å². The molecule has 0 radical (unpaired) electrons. The fourth-order valence-corrected chi connectivity index (χ4v) is 3.08. The lowest BCUT2D eigenvalue weighted by atomic mass is 10.1. The molecule has 1 heterocycles. The molecule has 1 saturated heterocycles. The van der Waals surface area contributed by atoms with Crippen LogP contribution in [0.5, 0.6) is 0 Å². The molecule has 0 saturated carbocycles. The first-order valence-corrected chi connectivity index (χ1v) is 10.4. The first kappa shape index (κ1) is 24.2. The molecule has 31 heavy (non-hydrogen) atoms. The van der Waals surface area contributed by atoms with Gasteiger partial charge >= 0.3 is 12.2 Å². The smallest absolute Gasteiger partial charge is 0.410 e. The standard InChI is InChI=1S/C22H31N3O6/c1-22(2,3)31-20(28)23-11-7-10-19(27)24-12-13-25(18(14-24)15-26)21(29)30-16-17-8-5-4-6-9-17/h4-6,8-9,15,18H,7,10-14,16H2,1-3H3,(H,23,28). The average molecular weight is 434 g/mol. The van der Waals surface area contributed by atoms with Crippen LogP contribution in [-0.4, -0.2) is 72.0 Å². The van der Waals surface area contributed by atoms with Gasteiger partial charge < -0.3 is 24.5 Å². The maximum Gasteiger partial charge on any atom is 0.410 e. The van der Waals surface area contributed by atoms with Crippen LogP contribution in [-0.2, 0) is 25.7 Å². The molecule has 1 N–H and O–H groups in total. The van der Waals surface area contributed by atoms with Crippen LogP contribution in [0.3, 0.4) is 0 Å². The normalized spacial score (nSPS) is 16.4. The summed E-state index contributed by atoms with van der Waals surface area (Å²) in [6, 6.07) is 8.52. The van der Waals surface area contributed by atoms with Gasteiger partial charge in [0.2, 0.25) is 5.91 Å². The van der Waals surface area contributed by atoms with E-state index in [4.69, 9.17) is 9.47 Å². The predicted molar refractivity (Wildman–Crippen MR) is 113 cm³/mol. The van der Waals surface area contributed by atoms with Gasteiger partial charge in [0.25, 0.3) is 0 Å². The average Bonchev–Trinajstić information content (AvgIpc) is 2.74. The molecule has 0 spiro atoms. The summed E-state index contributed by atoms with van der Waals surface area (Å²) in [5, 5.41) is 2.61. The molecular formula is C22H31N3O6. The third-order valence-corrected chi connectivity index (χ3v) is 4.60. The molecule has 170 valence electrons. The van der Waals surface area contributed by atoms with E-state index >= 15 is 0 Å². The highest BCUT2D eigenvalue weighted by molar-refractivity contribution is 5.79. The Hall–Kier alpha value is -3.10. The van der Waals surface area contributed by atoms with Gasteiger partial charge in [0.05, 0.1) is 0 Å². The van der Waals surface area contributed by atoms with E-state index < -0.39 is 23.8 Å². The number of carbonyl (C=O) groups is 4. The van der Waals surface area contributed by atoms with E-state index in [0.717, 1.165) is 5.56 Å². The second kappa shape index (κ2) is 11.3. The number of carbonyl (C=O) groups excluding carboxylic acids is 4. The molecule has 1 aromatic rings. The Balaban J connectivity index is 1.74. The van der Waals surface area contributed by atoms with Crippen molar-refractivity contribution in [1.29, 1.82) is 0 Å². The fraction of sp³-hybridized carbons (Fsp3) is 0.545. The molecule has 2 rings (SSSR count). The minimum Gasteiger partial charge on any atom is -0.445 e. The van der Waals surface area contributed by atoms with Gasteiger partial charge in [-0.05, 0) is 32.8 Å². The summed E-state index contributed by atoms with van der Waals surface area (Å²) in [6.07, 6.45) is 0.231. The number of ether oxygens (including phenoxy) is 2. The highest BCUT2D eigenvalue weighted by Crippen LogP contribution is 2.13. The van der Waals surface area contributed by atoms with Gasteiger partial charge in [-0.25, -0.2) is 9.59 Å². The van der Waals surface area contributed by atoms with Crippen molar-refractivity contribution in [1.82, 2.24) is 15.1 Å². The number of nitrogens with one attached hydrogen (secondary N) is 1. The van der Waals surface area contributed by atoms with Crippen LogP contribution in [0.15, 0.2) is 30.3 Å². The van der Waals surface area contributed by atoms with Crippen molar-refractivity contribution < 1.29 is 28.7 Å². The Morgan fingerprint density at radius 2 is 1.87 bits per heavy atom. The Labute approximate surface area is 182 Å². The van der Waals surface area contributed by atoms with E-state index in [1.165, 1.54) is 4.90 Å². The zero-order valence-corrected chi connectivity index (χ0v) is 18.3. The Bertz CT molecular complexity index is 762. The van der Waals surface area contributed by atoms with Gasteiger partial charge in [0.1, 0.15) is 24.5 Å².